The van der Waals surface area contributed by atoms with E-state index in [9.17, 15) is 4.79 Å². The Morgan fingerprint density at radius 3 is 2.56 bits per heavy atom. The monoisotopic (exact) mass is 352 g/mol. The summed E-state index contributed by atoms with van der Waals surface area (Å²) >= 11 is 1.43. The van der Waals surface area contributed by atoms with Gasteiger partial charge in [-0.1, -0.05) is 18.2 Å². The maximum atomic E-state index is 12.0. The van der Waals surface area contributed by atoms with E-state index in [1.165, 1.54) is 16.9 Å². The van der Waals surface area contributed by atoms with Crippen molar-refractivity contribution >= 4 is 28.6 Å². The zero-order valence-electron chi connectivity index (χ0n) is 14.0. The van der Waals surface area contributed by atoms with Crippen LogP contribution in [0.25, 0.3) is 0 Å². The fourth-order valence-electron chi connectivity index (χ4n) is 2.45. The maximum absolute atomic E-state index is 12.0. The van der Waals surface area contributed by atoms with Gasteiger partial charge in [-0.15, -0.1) is 11.3 Å². The van der Waals surface area contributed by atoms with Gasteiger partial charge in [0.2, 0.25) is 0 Å². The van der Waals surface area contributed by atoms with Crippen LogP contribution in [0, 0.1) is 0 Å². The molecule has 0 atom stereocenters. The normalized spacial score (nSPS) is 10.3. The quantitative estimate of drug-likeness (QED) is 0.650. The highest BCUT2D eigenvalue weighted by molar-refractivity contribution is 7.12. The van der Waals surface area contributed by atoms with Gasteiger partial charge < -0.3 is 15.4 Å². The first kappa shape index (κ1) is 17.0. The van der Waals surface area contributed by atoms with Crippen molar-refractivity contribution in [2.75, 3.05) is 24.3 Å². The lowest BCUT2D eigenvalue weighted by molar-refractivity contribution is 0.103. The Kier molecular flexibility index (Phi) is 5.69. The zero-order chi connectivity index (χ0) is 17.5. The zero-order valence-corrected chi connectivity index (χ0v) is 14.8. The van der Waals surface area contributed by atoms with E-state index in [-0.39, 0.29) is 5.91 Å². The maximum Gasteiger partial charge on any atom is 0.265 e. The Morgan fingerprint density at radius 2 is 1.84 bits per heavy atom. The standard InChI is InChI=1S/C20H20N2O2S/c1-24-18-5-2-4-15(14-18)11-12-21-16-7-9-17(10-8-16)22-20(23)19-6-3-13-25-19/h2-10,13-14,21H,11-12H2,1H3,(H,22,23). The fraction of sp³-hybridized carbons (Fsp3) is 0.150. The molecule has 0 spiro atoms. The minimum absolute atomic E-state index is 0.0752. The molecular formula is C20H20N2O2S. The van der Waals surface area contributed by atoms with Crippen molar-refractivity contribution in [3.63, 3.8) is 0 Å². The number of ether oxygens (including phenoxy) is 1. The number of hydrogen-bond acceptors (Lipinski definition) is 4. The molecular weight excluding hydrogens is 332 g/mol. The number of amides is 1. The first-order valence-corrected chi connectivity index (χ1v) is 8.94. The summed E-state index contributed by atoms with van der Waals surface area (Å²) in [5.41, 5.74) is 3.04. The Labute approximate surface area is 151 Å². The van der Waals surface area contributed by atoms with Crippen LogP contribution in [0.2, 0.25) is 0 Å². The van der Waals surface area contributed by atoms with Crippen molar-refractivity contribution in [2.24, 2.45) is 0 Å². The van der Waals surface area contributed by atoms with Gasteiger partial charge in [0.25, 0.3) is 5.91 Å². The van der Waals surface area contributed by atoms with E-state index in [2.05, 4.69) is 16.7 Å². The molecule has 4 nitrogen and oxygen atoms in total. The number of rotatable bonds is 7. The Morgan fingerprint density at radius 1 is 1.04 bits per heavy atom. The first-order chi connectivity index (χ1) is 12.2. The molecule has 0 aliphatic carbocycles. The average molecular weight is 352 g/mol. The smallest absolute Gasteiger partial charge is 0.265 e. The van der Waals surface area contributed by atoms with Crippen LogP contribution in [0.4, 0.5) is 11.4 Å². The largest absolute Gasteiger partial charge is 0.497 e. The number of nitrogens with one attached hydrogen (secondary N) is 2. The Hall–Kier alpha value is -2.79. The Balaban J connectivity index is 1.49. The van der Waals surface area contributed by atoms with Crippen LogP contribution in [0.1, 0.15) is 15.2 Å². The SMILES string of the molecule is COc1cccc(CCNc2ccc(NC(=O)c3cccs3)cc2)c1. The summed E-state index contributed by atoms with van der Waals surface area (Å²) in [5.74, 6) is 0.803. The molecule has 1 amide bonds. The van der Waals surface area contributed by atoms with Crippen LogP contribution in [-0.2, 0) is 6.42 Å². The lowest BCUT2D eigenvalue weighted by atomic mass is 10.1. The highest BCUT2D eigenvalue weighted by atomic mass is 32.1. The number of carbonyl (C=O) groups excluding carboxylic acids is 1. The highest BCUT2D eigenvalue weighted by Crippen LogP contribution is 2.17. The van der Waals surface area contributed by atoms with Gasteiger partial charge in [-0.05, 0) is 59.8 Å². The molecule has 1 heterocycles. The Bertz CT molecular complexity index is 814. The molecule has 0 aliphatic rings. The van der Waals surface area contributed by atoms with E-state index in [0.29, 0.717) is 4.88 Å². The molecule has 0 saturated carbocycles. The fourth-order valence-corrected chi connectivity index (χ4v) is 3.07. The average Bonchev–Trinajstić information content (AvgIpc) is 3.18. The lowest BCUT2D eigenvalue weighted by Gasteiger charge is -2.09. The molecule has 2 N–H and O–H groups in total. The lowest BCUT2D eigenvalue weighted by Crippen LogP contribution is -2.10. The minimum Gasteiger partial charge on any atom is -0.497 e. The van der Waals surface area contributed by atoms with Crippen molar-refractivity contribution < 1.29 is 9.53 Å². The number of benzene rings is 2. The molecule has 2 aromatic carbocycles. The number of thiophene rings is 1. The number of hydrogen-bond donors (Lipinski definition) is 2. The summed E-state index contributed by atoms with van der Waals surface area (Å²) in [4.78, 5) is 12.7. The number of anilines is 2. The van der Waals surface area contributed by atoms with Gasteiger partial charge in [-0.25, -0.2) is 0 Å². The second-order valence-electron chi connectivity index (χ2n) is 5.54. The van der Waals surface area contributed by atoms with E-state index in [4.69, 9.17) is 4.74 Å². The van der Waals surface area contributed by atoms with Gasteiger partial charge in [0.15, 0.2) is 0 Å². The van der Waals surface area contributed by atoms with Crippen molar-refractivity contribution in [1.82, 2.24) is 0 Å². The summed E-state index contributed by atoms with van der Waals surface area (Å²) in [6.07, 6.45) is 0.911. The predicted octanol–water partition coefficient (Wildman–Crippen LogP) is 4.66. The molecule has 0 saturated heterocycles. The molecule has 25 heavy (non-hydrogen) atoms. The van der Waals surface area contributed by atoms with Crippen LogP contribution in [0.3, 0.4) is 0 Å². The van der Waals surface area contributed by atoms with Crippen LogP contribution in [0.15, 0.2) is 66.0 Å². The third-order valence-corrected chi connectivity index (χ3v) is 4.63. The van der Waals surface area contributed by atoms with Crippen molar-refractivity contribution in [1.29, 1.82) is 0 Å². The summed E-state index contributed by atoms with van der Waals surface area (Å²) in [5, 5.41) is 8.18. The van der Waals surface area contributed by atoms with Gasteiger partial charge >= 0.3 is 0 Å². The molecule has 5 heteroatoms. The van der Waals surface area contributed by atoms with Gasteiger partial charge in [0, 0.05) is 17.9 Å². The minimum atomic E-state index is -0.0752. The first-order valence-electron chi connectivity index (χ1n) is 8.06. The molecule has 0 fully saturated rings. The van der Waals surface area contributed by atoms with Crippen LogP contribution in [-0.4, -0.2) is 19.6 Å². The van der Waals surface area contributed by atoms with E-state index < -0.39 is 0 Å². The van der Waals surface area contributed by atoms with Gasteiger partial charge in [0.1, 0.15) is 5.75 Å². The van der Waals surface area contributed by atoms with Gasteiger partial charge in [-0.3, -0.25) is 4.79 Å². The van der Waals surface area contributed by atoms with Crippen LogP contribution in [0.5, 0.6) is 5.75 Å². The van der Waals surface area contributed by atoms with Crippen LogP contribution >= 0.6 is 11.3 Å². The summed E-state index contributed by atoms with van der Waals surface area (Å²) < 4.78 is 5.24. The van der Waals surface area contributed by atoms with E-state index in [1.807, 2.05) is 60.0 Å². The highest BCUT2D eigenvalue weighted by Gasteiger charge is 2.06. The molecule has 128 valence electrons. The van der Waals surface area contributed by atoms with Gasteiger partial charge in [-0.2, -0.15) is 0 Å². The predicted molar refractivity (Wildman–Crippen MR) is 104 cm³/mol. The summed E-state index contributed by atoms with van der Waals surface area (Å²) in [7, 11) is 1.68. The number of carbonyl (C=O) groups is 1. The second kappa shape index (κ2) is 8.35. The third kappa shape index (κ3) is 4.84. The number of methoxy groups -OCH3 is 1. The molecule has 1 aromatic heterocycles. The molecule has 3 rings (SSSR count). The van der Waals surface area contributed by atoms with E-state index in [1.54, 1.807) is 7.11 Å². The third-order valence-electron chi connectivity index (χ3n) is 3.76. The molecule has 0 aliphatic heterocycles. The van der Waals surface area contributed by atoms with Crippen molar-refractivity contribution in [3.05, 3.63) is 76.5 Å². The second-order valence-corrected chi connectivity index (χ2v) is 6.48. The van der Waals surface area contributed by atoms with Crippen molar-refractivity contribution in [2.45, 2.75) is 6.42 Å². The van der Waals surface area contributed by atoms with Gasteiger partial charge in [0.05, 0.1) is 12.0 Å². The van der Waals surface area contributed by atoms with E-state index in [0.717, 1.165) is 30.1 Å². The summed E-state index contributed by atoms with van der Waals surface area (Å²) in [6.45, 7) is 0.827. The topological polar surface area (TPSA) is 50.4 Å². The molecule has 3 aromatic rings. The molecule has 0 radical (unpaired) electrons. The van der Waals surface area contributed by atoms with Crippen molar-refractivity contribution in [3.8, 4) is 5.75 Å². The van der Waals surface area contributed by atoms with Crippen LogP contribution < -0.4 is 15.4 Å². The molecule has 0 bridgehead atoms. The molecule has 0 unspecified atom stereocenters. The summed E-state index contributed by atoms with van der Waals surface area (Å²) in [6, 6.07) is 19.5. The van der Waals surface area contributed by atoms with E-state index >= 15 is 0 Å².